The Morgan fingerprint density at radius 3 is 2.53 bits per heavy atom. The van der Waals surface area contributed by atoms with Crippen LogP contribution in [-0.4, -0.2) is 0 Å². The maximum Gasteiger partial charge on any atom is -0.00603 e. The smallest absolute Gasteiger partial charge is 0.00603 e. The van der Waals surface area contributed by atoms with Crippen molar-refractivity contribution in [2.75, 3.05) is 0 Å². The summed E-state index contributed by atoms with van der Waals surface area (Å²) in [5.74, 6) is 0. The number of rotatable bonds is 0. The van der Waals surface area contributed by atoms with Crippen LogP contribution in [0.25, 0.3) is 16.8 Å². The molecule has 3 rings (SSSR count). The molecule has 0 saturated carbocycles. The fourth-order valence-electron chi connectivity index (χ4n) is 2.57. The summed E-state index contributed by atoms with van der Waals surface area (Å²) in [6, 6.07) is 11.0. The molecule has 2 aromatic carbocycles. The fraction of sp³-hybridized carbons (Fsp3) is 0.200. The van der Waals surface area contributed by atoms with Crippen LogP contribution in [0.15, 0.2) is 35.9 Å². The first-order chi connectivity index (χ1) is 7.25. The first-order valence-corrected chi connectivity index (χ1v) is 5.44. The van der Waals surface area contributed by atoms with Crippen LogP contribution in [-0.2, 0) is 6.42 Å². The number of benzene rings is 2. The van der Waals surface area contributed by atoms with Crippen LogP contribution < -0.4 is 0 Å². The van der Waals surface area contributed by atoms with Crippen LogP contribution in [0.5, 0.6) is 0 Å². The zero-order chi connectivity index (χ0) is 10.4. The minimum atomic E-state index is 1.13. The van der Waals surface area contributed by atoms with Gasteiger partial charge >= 0.3 is 0 Å². The number of aryl methyl sites for hydroxylation is 1. The molecular formula is C15H14. The highest BCUT2D eigenvalue weighted by Crippen LogP contribution is 2.33. The van der Waals surface area contributed by atoms with Gasteiger partial charge in [-0.2, -0.15) is 0 Å². The lowest BCUT2D eigenvalue weighted by Crippen LogP contribution is -1.88. The molecule has 0 atom stereocenters. The Balaban J connectivity index is 2.46. The Morgan fingerprint density at radius 1 is 1.00 bits per heavy atom. The van der Waals surface area contributed by atoms with E-state index in [9.17, 15) is 0 Å². The molecule has 1 aliphatic carbocycles. The van der Waals surface area contributed by atoms with Gasteiger partial charge in [-0.1, -0.05) is 42.0 Å². The van der Waals surface area contributed by atoms with Gasteiger partial charge in [0.05, 0.1) is 0 Å². The van der Waals surface area contributed by atoms with E-state index in [2.05, 4.69) is 50.3 Å². The molecule has 0 aliphatic heterocycles. The van der Waals surface area contributed by atoms with Gasteiger partial charge in [0, 0.05) is 0 Å². The van der Waals surface area contributed by atoms with Crippen LogP contribution in [0.4, 0.5) is 0 Å². The van der Waals surface area contributed by atoms with Gasteiger partial charge in [0.25, 0.3) is 0 Å². The van der Waals surface area contributed by atoms with Crippen molar-refractivity contribution in [3.05, 3.63) is 52.6 Å². The predicted octanol–water partition coefficient (Wildman–Crippen LogP) is 4.11. The monoisotopic (exact) mass is 194 g/mol. The first kappa shape index (κ1) is 8.72. The van der Waals surface area contributed by atoms with Gasteiger partial charge in [-0.05, 0) is 47.7 Å². The van der Waals surface area contributed by atoms with Gasteiger partial charge in [-0.3, -0.25) is 0 Å². The van der Waals surface area contributed by atoms with Crippen molar-refractivity contribution in [2.45, 2.75) is 20.3 Å². The van der Waals surface area contributed by atoms with Gasteiger partial charge in [-0.15, -0.1) is 0 Å². The van der Waals surface area contributed by atoms with Gasteiger partial charge < -0.3 is 0 Å². The Bertz CT molecular complexity index is 574. The van der Waals surface area contributed by atoms with Crippen molar-refractivity contribution in [3.63, 3.8) is 0 Å². The second-order valence-corrected chi connectivity index (χ2v) is 4.48. The number of hydrogen-bond acceptors (Lipinski definition) is 0. The average Bonchev–Trinajstić information content (AvgIpc) is 2.59. The van der Waals surface area contributed by atoms with E-state index in [0.29, 0.717) is 0 Å². The largest absolute Gasteiger partial charge is 0.0683 e. The molecule has 2 aromatic rings. The molecule has 0 bridgehead atoms. The van der Waals surface area contributed by atoms with E-state index in [0.717, 1.165) is 6.42 Å². The summed E-state index contributed by atoms with van der Waals surface area (Å²) in [7, 11) is 0. The second kappa shape index (κ2) is 2.96. The molecular weight excluding hydrogens is 180 g/mol. The molecule has 0 saturated heterocycles. The number of allylic oxidation sites excluding steroid dienone is 1. The normalized spacial score (nSPS) is 14.1. The minimum absolute atomic E-state index is 1.13. The number of fused-ring (bicyclic) bond motifs is 3. The maximum atomic E-state index is 2.34. The highest BCUT2D eigenvalue weighted by Gasteiger charge is 2.13. The summed E-state index contributed by atoms with van der Waals surface area (Å²) in [5, 5.41) is 2.80. The Hall–Kier alpha value is -1.56. The van der Waals surface area contributed by atoms with E-state index in [4.69, 9.17) is 0 Å². The summed E-state index contributed by atoms with van der Waals surface area (Å²) in [6.45, 7) is 4.42. The van der Waals surface area contributed by atoms with Crippen molar-refractivity contribution in [1.82, 2.24) is 0 Å². The van der Waals surface area contributed by atoms with E-state index in [1.54, 1.807) is 0 Å². The van der Waals surface area contributed by atoms with E-state index in [1.807, 2.05) is 0 Å². The minimum Gasteiger partial charge on any atom is -0.0683 e. The zero-order valence-electron chi connectivity index (χ0n) is 9.17. The lowest BCUT2D eigenvalue weighted by molar-refractivity contribution is 1.19. The van der Waals surface area contributed by atoms with Gasteiger partial charge in [0.15, 0.2) is 0 Å². The van der Waals surface area contributed by atoms with E-state index in [1.165, 1.54) is 33.0 Å². The molecule has 0 amide bonds. The van der Waals surface area contributed by atoms with Gasteiger partial charge in [-0.25, -0.2) is 0 Å². The molecule has 0 heteroatoms. The molecule has 74 valence electrons. The van der Waals surface area contributed by atoms with Crippen molar-refractivity contribution in [1.29, 1.82) is 0 Å². The van der Waals surface area contributed by atoms with E-state index >= 15 is 0 Å². The predicted molar refractivity (Wildman–Crippen MR) is 66.0 cm³/mol. The third kappa shape index (κ3) is 1.21. The summed E-state index contributed by atoms with van der Waals surface area (Å²) < 4.78 is 0. The molecule has 0 unspecified atom stereocenters. The molecule has 1 aliphatic rings. The lowest BCUT2D eigenvalue weighted by atomic mass is 9.97. The van der Waals surface area contributed by atoms with Crippen LogP contribution in [0.3, 0.4) is 0 Å². The third-order valence-corrected chi connectivity index (χ3v) is 3.24. The van der Waals surface area contributed by atoms with Crippen LogP contribution >= 0.6 is 0 Å². The number of hydrogen-bond donors (Lipinski definition) is 0. The van der Waals surface area contributed by atoms with Crippen molar-refractivity contribution < 1.29 is 0 Å². The third-order valence-electron chi connectivity index (χ3n) is 3.24. The molecule has 0 heterocycles. The van der Waals surface area contributed by atoms with Crippen molar-refractivity contribution in [3.8, 4) is 0 Å². The fourth-order valence-corrected chi connectivity index (χ4v) is 2.57. The topological polar surface area (TPSA) is 0 Å². The van der Waals surface area contributed by atoms with E-state index in [-0.39, 0.29) is 0 Å². The lowest BCUT2D eigenvalue weighted by Gasteiger charge is -2.07. The molecule has 0 N–H and O–H groups in total. The SMILES string of the molecule is CC1=Cc2c(cc(C)c3ccccc23)C1. The van der Waals surface area contributed by atoms with E-state index < -0.39 is 0 Å². The van der Waals surface area contributed by atoms with Gasteiger partial charge in [0.2, 0.25) is 0 Å². The van der Waals surface area contributed by atoms with Crippen LogP contribution in [0, 0.1) is 6.92 Å². The maximum absolute atomic E-state index is 2.34. The molecule has 0 radical (unpaired) electrons. The molecule has 0 fully saturated rings. The highest BCUT2D eigenvalue weighted by atomic mass is 14.2. The second-order valence-electron chi connectivity index (χ2n) is 4.48. The quantitative estimate of drug-likeness (QED) is 0.592. The summed E-state index contributed by atoms with van der Waals surface area (Å²) in [5.41, 5.74) is 5.80. The molecule has 0 aromatic heterocycles. The molecule has 0 spiro atoms. The van der Waals surface area contributed by atoms with Crippen LogP contribution in [0.2, 0.25) is 0 Å². The zero-order valence-corrected chi connectivity index (χ0v) is 9.17. The van der Waals surface area contributed by atoms with Crippen LogP contribution in [0.1, 0.15) is 23.6 Å². The first-order valence-electron chi connectivity index (χ1n) is 5.44. The Morgan fingerprint density at radius 2 is 1.73 bits per heavy atom. The molecule has 15 heavy (non-hydrogen) atoms. The van der Waals surface area contributed by atoms with Crippen molar-refractivity contribution >= 4 is 16.8 Å². The van der Waals surface area contributed by atoms with Gasteiger partial charge in [0.1, 0.15) is 0 Å². The molecule has 0 nitrogen and oxygen atoms in total. The summed E-state index contributed by atoms with van der Waals surface area (Å²) >= 11 is 0. The Labute approximate surface area is 90.2 Å². The summed E-state index contributed by atoms with van der Waals surface area (Å²) in [4.78, 5) is 0. The standard InChI is InChI=1S/C15H14/c1-10-7-12-9-11(2)13-5-3-4-6-14(13)15(12)8-10/h3-6,8-9H,7H2,1-2H3. The Kier molecular flexibility index (Phi) is 1.72. The van der Waals surface area contributed by atoms with Crippen molar-refractivity contribution in [2.24, 2.45) is 0 Å². The summed E-state index contributed by atoms with van der Waals surface area (Å²) in [6.07, 6.45) is 3.46. The average molecular weight is 194 g/mol. The highest BCUT2D eigenvalue weighted by molar-refractivity contribution is 5.95.